The van der Waals surface area contributed by atoms with E-state index in [-0.39, 0.29) is 10.8 Å². The van der Waals surface area contributed by atoms with E-state index in [1.807, 2.05) is 31.2 Å². The summed E-state index contributed by atoms with van der Waals surface area (Å²) in [6.07, 6.45) is 2.83. The highest BCUT2D eigenvalue weighted by atomic mass is 32.2. The minimum absolute atomic E-state index is 0.0347. The third-order valence-corrected chi connectivity index (χ3v) is 8.00. The standard InChI is InChI=1S/C25H30N4O5S/c1-17-23(27-16-26-17)15-29-13-11-20(12-14-29)24(25(30)31)28-35(32,33)22-9-5-19(6-10-22)18-3-7-21(34-2)8-4-18/h3-10,16,20,24,28H,11-15H2,1-2H3,(H,26,27)(H,30,31). The lowest BCUT2D eigenvalue weighted by Crippen LogP contribution is -2.49. The number of sulfonamides is 1. The third kappa shape index (κ3) is 5.90. The summed E-state index contributed by atoms with van der Waals surface area (Å²) in [5.41, 5.74) is 3.75. The summed E-state index contributed by atoms with van der Waals surface area (Å²) in [5, 5.41) is 9.82. The van der Waals surface area contributed by atoms with Crippen molar-refractivity contribution >= 4 is 16.0 Å². The predicted molar refractivity (Wildman–Crippen MR) is 132 cm³/mol. The van der Waals surface area contributed by atoms with Crippen LogP contribution >= 0.6 is 0 Å². The van der Waals surface area contributed by atoms with Crippen LogP contribution in [0.2, 0.25) is 0 Å². The van der Waals surface area contributed by atoms with Gasteiger partial charge in [0, 0.05) is 12.2 Å². The number of ether oxygens (including phenoxy) is 1. The van der Waals surface area contributed by atoms with E-state index in [0.29, 0.717) is 32.5 Å². The number of benzene rings is 2. The number of aryl methyl sites for hydroxylation is 1. The number of hydrogen-bond acceptors (Lipinski definition) is 6. The van der Waals surface area contributed by atoms with E-state index < -0.39 is 22.0 Å². The van der Waals surface area contributed by atoms with E-state index in [2.05, 4.69) is 19.6 Å². The Morgan fingerprint density at radius 2 is 1.74 bits per heavy atom. The maximum absolute atomic E-state index is 13.0. The maximum Gasteiger partial charge on any atom is 0.322 e. The second kappa shape index (κ2) is 10.6. The molecule has 35 heavy (non-hydrogen) atoms. The number of likely N-dealkylation sites (tertiary alicyclic amines) is 1. The van der Waals surface area contributed by atoms with Crippen molar-refractivity contribution < 1.29 is 23.1 Å². The number of nitrogens with one attached hydrogen (secondary N) is 2. The summed E-state index contributed by atoms with van der Waals surface area (Å²) >= 11 is 0. The number of nitrogens with zero attached hydrogens (tertiary/aromatic N) is 2. The summed E-state index contributed by atoms with van der Waals surface area (Å²) < 4.78 is 33.7. The molecule has 0 radical (unpaired) electrons. The lowest BCUT2D eigenvalue weighted by Gasteiger charge is -2.34. The second-order valence-corrected chi connectivity index (χ2v) is 10.5. The Bertz CT molecular complexity index is 1250. The molecule has 1 atom stereocenters. The molecule has 1 aromatic heterocycles. The zero-order valence-corrected chi connectivity index (χ0v) is 20.6. The maximum atomic E-state index is 13.0. The van der Waals surface area contributed by atoms with Gasteiger partial charge >= 0.3 is 5.97 Å². The molecule has 1 aliphatic rings. The van der Waals surface area contributed by atoms with Crippen molar-refractivity contribution in [1.29, 1.82) is 0 Å². The first-order chi connectivity index (χ1) is 16.8. The average molecular weight is 499 g/mol. The highest BCUT2D eigenvalue weighted by molar-refractivity contribution is 7.89. The molecule has 186 valence electrons. The van der Waals surface area contributed by atoms with E-state index >= 15 is 0 Å². The van der Waals surface area contributed by atoms with Gasteiger partial charge in [0.1, 0.15) is 11.8 Å². The molecule has 1 fully saturated rings. The fourth-order valence-corrected chi connectivity index (χ4v) is 5.65. The summed E-state index contributed by atoms with van der Waals surface area (Å²) in [6, 6.07) is 12.7. The van der Waals surface area contributed by atoms with E-state index in [1.165, 1.54) is 12.1 Å². The average Bonchev–Trinajstić information content (AvgIpc) is 3.27. The molecule has 0 amide bonds. The van der Waals surface area contributed by atoms with Gasteiger partial charge in [0.2, 0.25) is 10.0 Å². The number of imidazole rings is 1. The van der Waals surface area contributed by atoms with Crippen molar-refractivity contribution in [2.75, 3.05) is 20.2 Å². The molecule has 3 N–H and O–H groups in total. The molecule has 1 unspecified atom stereocenters. The van der Waals surface area contributed by atoms with Crippen LogP contribution < -0.4 is 9.46 Å². The van der Waals surface area contributed by atoms with E-state index in [1.54, 1.807) is 25.6 Å². The van der Waals surface area contributed by atoms with Crippen LogP contribution in [-0.4, -0.2) is 60.6 Å². The first-order valence-electron chi connectivity index (χ1n) is 11.5. The van der Waals surface area contributed by atoms with Crippen molar-refractivity contribution in [3.63, 3.8) is 0 Å². The number of aromatic amines is 1. The molecule has 10 heteroatoms. The highest BCUT2D eigenvalue weighted by Crippen LogP contribution is 2.26. The first kappa shape index (κ1) is 24.9. The molecule has 2 heterocycles. The number of methoxy groups -OCH3 is 1. The van der Waals surface area contributed by atoms with Gasteiger partial charge in [-0.05, 0) is 74.2 Å². The predicted octanol–water partition coefficient (Wildman–Crippen LogP) is 3.04. The number of carboxylic acids is 1. The molecule has 9 nitrogen and oxygen atoms in total. The summed E-state index contributed by atoms with van der Waals surface area (Å²) in [5.74, 6) is -0.721. The lowest BCUT2D eigenvalue weighted by molar-refractivity contribution is -0.140. The minimum atomic E-state index is -4.00. The Labute approximate surface area is 205 Å². The van der Waals surface area contributed by atoms with Gasteiger partial charge in [-0.2, -0.15) is 4.72 Å². The van der Waals surface area contributed by atoms with Gasteiger partial charge in [-0.25, -0.2) is 13.4 Å². The number of aromatic nitrogens is 2. The van der Waals surface area contributed by atoms with Gasteiger partial charge in [0.25, 0.3) is 0 Å². The topological polar surface area (TPSA) is 125 Å². The number of rotatable bonds is 9. The number of aliphatic carboxylic acids is 1. The second-order valence-electron chi connectivity index (χ2n) is 8.78. The molecule has 1 aliphatic heterocycles. The molecule has 0 aliphatic carbocycles. The molecule has 4 rings (SSSR count). The van der Waals surface area contributed by atoms with Crippen molar-refractivity contribution in [1.82, 2.24) is 19.6 Å². The van der Waals surface area contributed by atoms with Gasteiger partial charge in [-0.3, -0.25) is 9.69 Å². The Balaban J connectivity index is 1.41. The lowest BCUT2D eigenvalue weighted by atomic mass is 9.90. The SMILES string of the molecule is COc1ccc(-c2ccc(S(=O)(=O)NC(C(=O)O)C3CCN(Cc4nc[nH]c4C)CC3)cc2)cc1. The summed E-state index contributed by atoms with van der Waals surface area (Å²) in [7, 11) is -2.41. The van der Waals surface area contributed by atoms with Gasteiger partial charge in [-0.1, -0.05) is 24.3 Å². The fourth-order valence-electron chi connectivity index (χ4n) is 4.40. The zero-order chi connectivity index (χ0) is 25.0. The van der Waals surface area contributed by atoms with Crippen LogP contribution in [0.3, 0.4) is 0 Å². The minimum Gasteiger partial charge on any atom is -0.497 e. The van der Waals surface area contributed by atoms with E-state index in [9.17, 15) is 18.3 Å². The van der Waals surface area contributed by atoms with Crippen LogP contribution in [-0.2, 0) is 21.4 Å². The number of piperidine rings is 1. The number of carboxylic acid groups (broad SMARTS) is 1. The summed E-state index contributed by atoms with van der Waals surface area (Å²) in [4.78, 5) is 21.6. The molecule has 0 bridgehead atoms. The van der Waals surface area contributed by atoms with Crippen LogP contribution in [0.4, 0.5) is 0 Å². The molecule has 3 aromatic rings. The molecular formula is C25H30N4O5S. The first-order valence-corrected chi connectivity index (χ1v) is 13.0. The van der Waals surface area contributed by atoms with Crippen molar-refractivity contribution in [3.8, 4) is 16.9 Å². The van der Waals surface area contributed by atoms with Crippen LogP contribution in [0.25, 0.3) is 11.1 Å². The molecule has 1 saturated heterocycles. The summed E-state index contributed by atoms with van der Waals surface area (Å²) in [6.45, 7) is 4.01. The van der Waals surface area contributed by atoms with Crippen LogP contribution in [0.15, 0.2) is 59.8 Å². The van der Waals surface area contributed by atoms with Gasteiger partial charge in [-0.15, -0.1) is 0 Å². The Morgan fingerprint density at radius 1 is 1.14 bits per heavy atom. The quantitative estimate of drug-likeness (QED) is 0.414. The fraction of sp³-hybridized carbons (Fsp3) is 0.360. The van der Waals surface area contributed by atoms with Gasteiger partial charge < -0.3 is 14.8 Å². The highest BCUT2D eigenvalue weighted by Gasteiger charge is 2.35. The molecular weight excluding hydrogens is 468 g/mol. The molecule has 0 spiro atoms. The van der Waals surface area contributed by atoms with Crippen LogP contribution in [0, 0.1) is 12.8 Å². The van der Waals surface area contributed by atoms with Crippen LogP contribution in [0.5, 0.6) is 5.75 Å². The Morgan fingerprint density at radius 3 is 2.26 bits per heavy atom. The zero-order valence-electron chi connectivity index (χ0n) is 19.8. The van der Waals surface area contributed by atoms with Gasteiger partial charge in [0.05, 0.1) is 24.0 Å². The Hall–Kier alpha value is -3.21. The smallest absolute Gasteiger partial charge is 0.322 e. The number of hydrogen-bond donors (Lipinski definition) is 3. The number of H-pyrrole nitrogens is 1. The van der Waals surface area contributed by atoms with Crippen LogP contribution in [0.1, 0.15) is 24.2 Å². The largest absolute Gasteiger partial charge is 0.497 e. The number of carbonyl (C=O) groups is 1. The normalized spacial score (nSPS) is 16.2. The van der Waals surface area contributed by atoms with Crippen molar-refractivity contribution in [2.24, 2.45) is 5.92 Å². The van der Waals surface area contributed by atoms with E-state index in [0.717, 1.165) is 28.3 Å². The van der Waals surface area contributed by atoms with Crippen molar-refractivity contribution in [2.45, 2.75) is 37.2 Å². The monoisotopic (exact) mass is 498 g/mol. The van der Waals surface area contributed by atoms with E-state index in [4.69, 9.17) is 4.74 Å². The van der Waals surface area contributed by atoms with Crippen molar-refractivity contribution in [3.05, 3.63) is 66.2 Å². The Kier molecular flexibility index (Phi) is 7.54. The molecule has 0 saturated carbocycles. The van der Waals surface area contributed by atoms with Gasteiger partial charge in [0.15, 0.2) is 0 Å². The molecule has 2 aromatic carbocycles. The third-order valence-electron chi connectivity index (χ3n) is 6.55.